The van der Waals surface area contributed by atoms with Gasteiger partial charge in [0.25, 0.3) is 0 Å². The van der Waals surface area contributed by atoms with Crippen LogP contribution in [0.4, 0.5) is 30.7 Å². The minimum atomic E-state index is -5.53. The van der Waals surface area contributed by atoms with E-state index < -0.39 is 46.7 Å². The number of carbonyl (C=O) groups excluding carboxylic acids is 1. The molecule has 18 heavy (non-hydrogen) atoms. The molecule has 1 rings (SSSR count). The van der Waals surface area contributed by atoms with Crippen molar-refractivity contribution >= 4 is 5.97 Å². The number of esters is 1. The van der Waals surface area contributed by atoms with Crippen LogP contribution in [0.2, 0.25) is 0 Å². The van der Waals surface area contributed by atoms with Crippen molar-refractivity contribution in [2.45, 2.75) is 13.1 Å². The number of alkyl halides is 3. The molecule has 0 saturated heterocycles. The molecular weight excluding hydrogens is 273 g/mol. The van der Waals surface area contributed by atoms with E-state index in [0.717, 1.165) is 0 Å². The minimum Gasteiger partial charge on any atom is -0.413 e. The van der Waals surface area contributed by atoms with Gasteiger partial charge in [-0.1, -0.05) is 0 Å². The van der Waals surface area contributed by atoms with E-state index in [-0.39, 0.29) is 0 Å². The molecule has 100 valence electrons. The summed E-state index contributed by atoms with van der Waals surface area (Å²) in [6.07, 6.45) is -5.53. The van der Waals surface area contributed by atoms with Crippen molar-refractivity contribution in [2.75, 3.05) is 0 Å². The summed E-state index contributed by atoms with van der Waals surface area (Å²) in [5.41, 5.74) is -1.11. The van der Waals surface area contributed by atoms with Crippen LogP contribution >= 0.6 is 0 Å². The van der Waals surface area contributed by atoms with Crippen LogP contribution in [0.1, 0.15) is 5.56 Å². The summed E-state index contributed by atoms with van der Waals surface area (Å²) < 4.78 is 90.4. The first-order valence-corrected chi connectivity index (χ1v) is 4.19. The molecule has 0 radical (unpaired) electrons. The van der Waals surface area contributed by atoms with Crippen molar-refractivity contribution in [3.05, 3.63) is 28.8 Å². The van der Waals surface area contributed by atoms with Crippen molar-refractivity contribution < 1.29 is 40.3 Å². The molecule has 0 aliphatic carbocycles. The Morgan fingerprint density at radius 2 is 1.44 bits per heavy atom. The SMILES string of the molecule is Cc1c(F)c(F)c(F)c(OC(=O)C(F)(F)F)c1F. The summed E-state index contributed by atoms with van der Waals surface area (Å²) in [7, 11) is 0. The van der Waals surface area contributed by atoms with Crippen LogP contribution < -0.4 is 4.74 Å². The lowest BCUT2D eigenvalue weighted by atomic mass is 10.2. The summed E-state index contributed by atoms with van der Waals surface area (Å²) in [4.78, 5) is 10.3. The molecule has 0 N–H and O–H groups in total. The molecule has 0 spiro atoms. The second-order valence-electron chi connectivity index (χ2n) is 3.10. The molecule has 0 aromatic heterocycles. The molecule has 0 aliphatic rings. The van der Waals surface area contributed by atoms with E-state index in [1.54, 1.807) is 0 Å². The average molecular weight is 276 g/mol. The van der Waals surface area contributed by atoms with E-state index in [0.29, 0.717) is 6.92 Å². The largest absolute Gasteiger partial charge is 0.491 e. The number of hydrogen-bond acceptors (Lipinski definition) is 2. The normalized spacial score (nSPS) is 11.6. The highest BCUT2D eigenvalue weighted by Gasteiger charge is 2.43. The zero-order valence-electron chi connectivity index (χ0n) is 8.46. The summed E-state index contributed by atoms with van der Waals surface area (Å²) >= 11 is 0. The third kappa shape index (κ3) is 2.39. The van der Waals surface area contributed by atoms with Crippen LogP contribution in [0.3, 0.4) is 0 Å². The fraction of sp³-hybridized carbons (Fsp3) is 0.222. The van der Waals surface area contributed by atoms with Crippen LogP contribution in [-0.2, 0) is 4.79 Å². The lowest BCUT2D eigenvalue weighted by Crippen LogP contribution is -2.29. The lowest BCUT2D eigenvalue weighted by molar-refractivity contribution is -0.190. The van der Waals surface area contributed by atoms with Crippen LogP contribution in [0.5, 0.6) is 5.75 Å². The van der Waals surface area contributed by atoms with Gasteiger partial charge in [-0.25, -0.2) is 18.0 Å². The van der Waals surface area contributed by atoms with Crippen molar-refractivity contribution in [2.24, 2.45) is 0 Å². The van der Waals surface area contributed by atoms with Gasteiger partial charge in [0.2, 0.25) is 11.6 Å². The first kappa shape index (κ1) is 14.3. The summed E-state index contributed by atoms with van der Waals surface area (Å²) in [5.74, 6) is -13.3. The van der Waals surface area contributed by atoms with Crippen LogP contribution in [0.15, 0.2) is 0 Å². The van der Waals surface area contributed by atoms with Gasteiger partial charge in [-0.15, -0.1) is 0 Å². The maximum Gasteiger partial charge on any atom is 0.491 e. The Labute approximate surface area is 95.0 Å². The third-order valence-corrected chi connectivity index (χ3v) is 1.87. The van der Waals surface area contributed by atoms with E-state index in [9.17, 15) is 35.5 Å². The van der Waals surface area contributed by atoms with Gasteiger partial charge in [-0.05, 0) is 6.92 Å². The standard InChI is InChI=1S/C9H3F7O2/c1-2-3(10)5(12)6(13)7(4(2)11)18-8(17)9(14,15)16/h1H3. The maximum absolute atomic E-state index is 13.2. The van der Waals surface area contributed by atoms with Gasteiger partial charge < -0.3 is 4.74 Å². The molecule has 0 fully saturated rings. The molecule has 0 saturated carbocycles. The highest BCUT2D eigenvalue weighted by atomic mass is 19.4. The zero-order valence-corrected chi connectivity index (χ0v) is 8.46. The summed E-state index contributed by atoms with van der Waals surface area (Å²) in [6, 6.07) is 0. The predicted molar refractivity (Wildman–Crippen MR) is 42.7 cm³/mol. The number of ether oxygens (including phenoxy) is 1. The molecule has 0 heterocycles. The lowest BCUT2D eigenvalue weighted by Gasteiger charge is -2.11. The first-order chi connectivity index (χ1) is 8.07. The number of rotatable bonds is 1. The second kappa shape index (κ2) is 4.46. The van der Waals surface area contributed by atoms with Crippen molar-refractivity contribution in [3.63, 3.8) is 0 Å². The van der Waals surface area contributed by atoms with E-state index in [4.69, 9.17) is 0 Å². The van der Waals surface area contributed by atoms with E-state index in [2.05, 4.69) is 4.74 Å². The monoisotopic (exact) mass is 276 g/mol. The van der Waals surface area contributed by atoms with Crippen molar-refractivity contribution in [1.29, 1.82) is 0 Å². The number of carbonyl (C=O) groups is 1. The Morgan fingerprint density at radius 1 is 0.944 bits per heavy atom. The molecule has 1 aromatic carbocycles. The predicted octanol–water partition coefficient (Wildman–Crippen LogP) is 3.02. The molecule has 0 bridgehead atoms. The molecule has 0 atom stereocenters. The van der Waals surface area contributed by atoms with Crippen LogP contribution in [-0.4, -0.2) is 12.1 Å². The van der Waals surface area contributed by atoms with Crippen molar-refractivity contribution in [1.82, 2.24) is 0 Å². The fourth-order valence-corrected chi connectivity index (χ4v) is 0.964. The molecule has 1 aromatic rings. The molecule has 0 aliphatic heterocycles. The molecular formula is C9H3F7O2. The fourth-order valence-electron chi connectivity index (χ4n) is 0.964. The number of hydrogen-bond donors (Lipinski definition) is 0. The van der Waals surface area contributed by atoms with Gasteiger partial charge in [0.1, 0.15) is 0 Å². The van der Waals surface area contributed by atoms with Gasteiger partial charge in [0, 0.05) is 5.56 Å². The smallest absolute Gasteiger partial charge is 0.413 e. The molecule has 0 unspecified atom stereocenters. The van der Waals surface area contributed by atoms with Crippen molar-refractivity contribution in [3.8, 4) is 5.75 Å². The minimum absolute atomic E-state index is 0.637. The number of benzene rings is 1. The van der Waals surface area contributed by atoms with Gasteiger partial charge in [-0.2, -0.15) is 17.6 Å². The van der Waals surface area contributed by atoms with Crippen LogP contribution in [0, 0.1) is 30.2 Å². The highest BCUT2D eigenvalue weighted by molar-refractivity contribution is 5.78. The highest BCUT2D eigenvalue weighted by Crippen LogP contribution is 2.31. The summed E-state index contributed by atoms with van der Waals surface area (Å²) in [5, 5.41) is 0. The van der Waals surface area contributed by atoms with Gasteiger partial charge in [0.05, 0.1) is 0 Å². The molecule has 9 heteroatoms. The second-order valence-corrected chi connectivity index (χ2v) is 3.10. The van der Waals surface area contributed by atoms with E-state index in [1.165, 1.54) is 0 Å². The van der Waals surface area contributed by atoms with Crippen LogP contribution in [0.25, 0.3) is 0 Å². The Kier molecular flexibility index (Phi) is 3.54. The van der Waals surface area contributed by atoms with E-state index >= 15 is 0 Å². The van der Waals surface area contributed by atoms with Gasteiger partial charge in [0.15, 0.2) is 17.5 Å². The molecule has 0 amide bonds. The average Bonchev–Trinajstić information content (AvgIpc) is 2.28. The Morgan fingerprint density at radius 3 is 1.89 bits per heavy atom. The Bertz CT molecular complexity index is 478. The Hall–Kier alpha value is -1.80. The first-order valence-electron chi connectivity index (χ1n) is 4.19. The Balaban J connectivity index is 3.31. The zero-order chi connectivity index (χ0) is 14.2. The van der Waals surface area contributed by atoms with E-state index in [1.807, 2.05) is 0 Å². The summed E-state index contributed by atoms with van der Waals surface area (Å²) in [6.45, 7) is 0.637. The molecule has 2 nitrogen and oxygen atoms in total. The quantitative estimate of drug-likeness (QED) is 0.259. The topological polar surface area (TPSA) is 26.3 Å². The number of halogens is 7. The third-order valence-electron chi connectivity index (χ3n) is 1.87. The van der Waals surface area contributed by atoms with Gasteiger partial charge >= 0.3 is 12.1 Å². The van der Waals surface area contributed by atoms with Gasteiger partial charge in [-0.3, -0.25) is 0 Å². The maximum atomic E-state index is 13.2.